The van der Waals surface area contributed by atoms with Crippen LogP contribution in [0.15, 0.2) is 60.9 Å². The van der Waals surface area contributed by atoms with Gasteiger partial charge in [0.25, 0.3) is 0 Å². The largest absolute Gasteiger partial charge is 0.426 e. The molecule has 0 saturated heterocycles. The molecule has 4 nitrogen and oxygen atoms in total. The molecule has 1 aromatic heterocycles. The normalized spacial score (nSPS) is 12.7. The maximum atomic E-state index is 12.5. The number of hydrogen-bond acceptors (Lipinski definition) is 4. The summed E-state index contributed by atoms with van der Waals surface area (Å²) in [5.74, 6) is 1.24. The molecule has 0 bridgehead atoms. The Kier molecular flexibility index (Phi) is 13.2. The third kappa shape index (κ3) is 10.2. The fraction of sp³-hybridized carbons (Fsp3) is 0.514. The van der Waals surface area contributed by atoms with Gasteiger partial charge in [0.15, 0.2) is 5.82 Å². The van der Waals surface area contributed by atoms with Crippen LogP contribution in [0.3, 0.4) is 0 Å². The Balaban J connectivity index is 1.47. The molecule has 0 saturated carbocycles. The minimum absolute atomic E-state index is 0.119. The molecule has 0 radical (unpaired) electrons. The summed E-state index contributed by atoms with van der Waals surface area (Å²) in [7, 11) is 0. The van der Waals surface area contributed by atoms with Crippen molar-refractivity contribution in [3.8, 4) is 28.3 Å². The molecule has 2 aromatic carbocycles. The van der Waals surface area contributed by atoms with Crippen LogP contribution in [-0.4, -0.2) is 15.9 Å². The number of ether oxygens (including phenoxy) is 1. The number of esters is 1. The Labute approximate surface area is 236 Å². The van der Waals surface area contributed by atoms with Crippen LogP contribution in [0.5, 0.6) is 5.75 Å². The van der Waals surface area contributed by atoms with Gasteiger partial charge in [-0.05, 0) is 60.6 Å². The summed E-state index contributed by atoms with van der Waals surface area (Å²) in [6.07, 6.45) is 19.0. The second-order valence-corrected chi connectivity index (χ2v) is 11.1. The molecule has 0 unspecified atom stereocenters. The number of nitrogens with zero attached hydrogens (tertiary/aromatic N) is 2. The number of carbonyl (C=O) groups excluding carboxylic acids is 1. The van der Waals surface area contributed by atoms with Crippen molar-refractivity contribution in [3.05, 3.63) is 66.5 Å². The van der Waals surface area contributed by atoms with Crippen LogP contribution in [0.25, 0.3) is 22.5 Å². The molecule has 39 heavy (non-hydrogen) atoms. The second kappa shape index (κ2) is 16.8. The Morgan fingerprint density at radius 3 is 1.87 bits per heavy atom. The summed E-state index contributed by atoms with van der Waals surface area (Å²) >= 11 is 0. The lowest BCUT2D eigenvalue weighted by molar-refractivity contribution is -0.140. The molecule has 4 heteroatoms. The first-order valence-electron chi connectivity index (χ1n) is 15.2. The van der Waals surface area contributed by atoms with Gasteiger partial charge < -0.3 is 4.74 Å². The smallest absolute Gasteiger partial charge is 0.314 e. The Morgan fingerprint density at radius 2 is 1.26 bits per heavy atom. The van der Waals surface area contributed by atoms with Crippen molar-refractivity contribution in [3.63, 3.8) is 0 Å². The molecule has 0 spiro atoms. The summed E-state index contributed by atoms with van der Waals surface area (Å²) in [4.78, 5) is 21.7. The zero-order chi connectivity index (χ0) is 27.9. The van der Waals surface area contributed by atoms with Crippen LogP contribution in [0, 0.1) is 11.8 Å². The number of unbranched alkanes of at least 4 members (excludes halogenated alkanes) is 8. The average Bonchev–Trinajstić information content (AvgIpc) is 2.97. The number of carbonyl (C=O) groups is 1. The molecular weight excluding hydrogens is 480 g/mol. The predicted octanol–water partition coefficient (Wildman–Crippen LogP) is 9.86. The fourth-order valence-electron chi connectivity index (χ4n) is 4.84. The van der Waals surface area contributed by atoms with E-state index in [0.717, 1.165) is 42.4 Å². The lowest BCUT2D eigenvalue weighted by Gasteiger charge is -2.18. The first kappa shape index (κ1) is 30.5. The average molecular weight is 529 g/mol. The summed E-state index contributed by atoms with van der Waals surface area (Å²) in [6, 6.07) is 16.3. The molecule has 0 aliphatic carbocycles. The molecule has 0 aliphatic heterocycles. The minimum atomic E-state index is -0.171. The number of benzene rings is 2. The minimum Gasteiger partial charge on any atom is -0.426 e. The third-order valence-corrected chi connectivity index (χ3v) is 7.83. The molecule has 0 aliphatic rings. The van der Waals surface area contributed by atoms with Crippen molar-refractivity contribution in [1.82, 2.24) is 9.97 Å². The standard InChI is InChI=1S/C35H48N2O2/c1-5-7-9-10-11-12-13-14-16-29-17-19-30(20-18-29)32-25-36-34(37-26-32)31-21-23-33(24-22-31)39-35(38)28(4)27(3)15-8-6-2/h17-28H,5-16H2,1-4H3/t27-,28-/m0/s1. The van der Waals surface area contributed by atoms with E-state index in [0.29, 0.717) is 17.5 Å². The summed E-state index contributed by atoms with van der Waals surface area (Å²) in [5.41, 5.74) is 4.43. The van der Waals surface area contributed by atoms with Crippen molar-refractivity contribution in [2.75, 3.05) is 0 Å². The van der Waals surface area contributed by atoms with Gasteiger partial charge in [-0.2, -0.15) is 0 Å². The van der Waals surface area contributed by atoms with Crippen LogP contribution < -0.4 is 4.74 Å². The third-order valence-electron chi connectivity index (χ3n) is 7.83. The molecule has 3 rings (SSSR count). The van der Waals surface area contributed by atoms with E-state index in [1.165, 1.54) is 56.9 Å². The van der Waals surface area contributed by atoms with Gasteiger partial charge in [0.2, 0.25) is 0 Å². The second-order valence-electron chi connectivity index (χ2n) is 11.1. The van der Waals surface area contributed by atoms with Gasteiger partial charge in [0, 0.05) is 23.5 Å². The summed E-state index contributed by atoms with van der Waals surface area (Å²) < 4.78 is 5.63. The lowest BCUT2D eigenvalue weighted by atomic mass is 9.91. The zero-order valence-electron chi connectivity index (χ0n) is 24.6. The molecule has 210 valence electrons. The summed E-state index contributed by atoms with van der Waals surface area (Å²) in [6.45, 7) is 8.52. The number of rotatable bonds is 17. The molecule has 0 N–H and O–H groups in total. The van der Waals surface area contributed by atoms with E-state index in [4.69, 9.17) is 4.74 Å². The van der Waals surface area contributed by atoms with Gasteiger partial charge in [-0.15, -0.1) is 0 Å². The van der Waals surface area contributed by atoms with E-state index in [1.807, 2.05) is 43.6 Å². The van der Waals surface area contributed by atoms with Crippen molar-refractivity contribution < 1.29 is 9.53 Å². The molecule has 1 heterocycles. The van der Waals surface area contributed by atoms with Gasteiger partial charge in [-0.3, -0.25) is 4.79 Å². The van der Waals surface area contributed by atoms with Gasteiger partial charge >= 0.3 is 5.97 Å². The lowest BCUT2D eigenvalue weighted by Crippen LogP contribution is -2.23. The van der Waals surface area contributed by atoms with E-state index in [9.17, 15) is 4.79 Å². The van der Waals surface area contributed by atoms with Crippen LogP contribution in [0.1, 0.15) is 104 Å². The monoisotopic (exact) mass is 528 g/mol. The highest BCUT2D eigenvalue weighted by molar-refractivity contribution is 5.75. The number of aromatic nitrogens is 2. The molecular formula is C35H48N2O2. The van der Waals surface area contributed by atoms with Crippen LogP contribution in [0.2, 0.25) is 0 Å². The number of hydrogen-bond donors (Lipinski definition) is 0. The Morgan fingerprint density at radius 1 is 0.692 bits per heavy atom. The molecule has 3 aromatic rings. The fourth-order valence-corrected chi connectivity index (χ4v) is 4.84. The highest BCUT2D eigenvalue weighted by atomic mass is 16.5. The maximum absolute atomic E-state index is 12.5. The van der Waals surface area contributed by atoms with E-state index < -0.39 is 0 Å². The van der Waals surface area contributed by atoms with Crippen LogP contribution in [0.4, 0.5) is 0 Å². The van der Waals surface area contributed by atoms with Gasteiger partial charge in [-0.25, -0.2) is 9.97 Å². The van der Waals surface area contributed by atoms with E-state index in [1.54, 1.807) is 0 Å². The highest BCUT2D eigenvalue weighted by Gasteiger charge is 2.21. The zero-order valence-corrected chi connectivity index (χ0v) is 24.6. The van der Waals surface area contributed by atoms with Crippen molar-refractivity contribution >= 4 is 5.97 Å². The van der Waals surface area contributed by atoms with Gasteiger partial charge in [-0.1, -0.05) is 110 Å². The van der Waals surface area contributed by atoms with Gasteiger partial charge in [0.05, 0.1) is 5.92 Å². The van der Waals surface area contributed by atoms with E-state index in [2.05, 4.69) is 55.0 Å². The topological polar surface area (TPSA) is 52.1 Å². The van der Waals surface area contributed by atoms with Crippen LogP contribution >= 0.6 is 0 Å². The Bertz CT molecular complexity index is 1090. The Hall–Kier alpha value is -3.01. The molecule has 0 amide bonds. The van der Waals surface area contributed by atoms with E-state index >= 15 is 0 Å². The summed E-state index contributed by atoms with van der Waals surface area (Å²) in [5, 5.41) is 0. The van der Waals surface area contributed by atoms with Crippen molar-refractivity contribution in [2.45, 2.75) is 105 Å². The first-order chi connectivity index (χ1) is 19.0. The first-order valence-corrected chi connectivity index (χ1v) is 15.2. The van der Waals surface area contributed by atoms with Crippen molar-refractivity contribution in [2.24, 2.45) is 11.8 Å². The maximum Gasteiger partial charge on any atom is 0.314 e. The highest BCUT2D eigenvalue weighted by Crippen LogP contribution is 2.25. The SMILES string of the molecule is CCCCCCCCCCc1ccc(-c2cnc(-c3ccc(OC(=O)[C@@H](C)[C@@H](C)CCCC)cc3)nc2)cc1. The van der Waals surface area contributed by atoms with Crippen molar-refractivity contribution in [1.29, 1.82) is 0 Å². The quantitative estimate of drug-likeness (QED) is 0.0993. The van der Waals surface area contributed by atoms with E-state index in [-0.39, 0.29) is 11.9 Å². The van der Waals surface area contributed by atoms with Gasteiger partial charge in [0.1, 0.15) is 5.75 Å². The molecule has 2 atom stereocenters. The molecule has 0 fully saturated rings. The van der Waals surface area contributed by atoms with Crippen LogP contribution in [-0.2, 0) is 11.2 Å². The predicted molar refractivity (Wildman–Crippen MR) is 163 cm³/mol. The number of aryl methyl sites for hydroxylation is 1.